The Bertz CT molecular complexity index is 1040. The van der Waals surface area contributed by atoms with Crippen molar-refractivity contribution in [3.63, 3.8) is 0 Å². The van der Waals surface area contributed by atoms with Gasteiger partial charge in [-0.2, -0.15) is 0 Å². The van der Waals surface area contributed by atoms with Gasteiger partial charge in [0.05, 0.1) is 22.7 Å². The number of hydrogen-bond acceptors (Lipinski definition) is 4. The lowest BCUT2D eigenvalue weighted by Crippen LogP contribution is -2.34. The first kappa shape index (κ1) is 25.7. The van der Waals surface area contributed by atoms with Gasteiger partial charge in [-0.15, -0.1) is 0 Å². The molecule has 4 nitrogen and oxygen atoms in total. The largest absolute Gasteiger partial charge is 0.462 e. The fourth-order valence-electron chi connectivity index (χ4n) is 4.90. The Hall–Kier alpha value is -1.88. The molecule has 0 radical (unpaired) electrons. The van der Waals surface area contributed by atoms with Crippen LogP contribution in [-0.2, 0) is 21.0 Å². The molecule has 1 aliphatic rings. The van der Waals surface area contributed by atoms with Crippen LogP contribution < -0.4 is 0 Å². The average molecular weight is 473 g/mol. The van der Waals surface area contributed by atoms with Crippen LogP contribution in [0.1, 0.15) is 88.6 Å². The van der Waals surface area contributed by atoms with Gasteiger partial charge < -0.3 is 4.74 Å². The second-order valence-electron chi connectivity index (χ2n) is 10.6. The fourth-order valence-corrected chi connectivity index (χ4v) is 6.36. The van der Waals surface area contributed by atoms with Gasteiger partial charge in [-0.1, -0.05) is 56.0 Å². The molecule has 0 unspecified atom stereocenters. The minimum absolute atomic E-state index is 0.249. The molecule has 2 aromatic rings. The highest BCUT2D eigenvalue weighted by molar-refractivity contribution is 7.92. The lowest BCUT2D eigenvalue weighted by Gasteiger charge is -2.30. The molecule has 0 aliphatic heterocycles. The molecule has 1 aliphatic carbocycles. The zero-order chi connectivity index (χ0) is 24.1. The molecule has 33 heavy (non-hydrogen) atoms. The minimum Gasteiger partial charge on any atom is -0.462 e. The Morgan fingerprint density at radius 3 is 2.33 bits per heavy atom. The van der Waals surface area contributed by atoms with Gasteiger partial charge in [0.2, 0.25) is 0 Å². The number of sulfone groups is 1. The maximum absolute atomic E-state index is 12.5. The van der Waals surface area contributed by atoms with Crippen molar-refractivity contribution in [2.75, 3.05) is 12.4 Å². The van der Waals surface area contributed by atoms with E-state index in [2.05, 4.69) is 12.1 Å². The van der Waals surface area contributed by atoms with Crippen molar-refractivity contribution in [2.24, 2.45) is 11.8 Å². The van der Waals surface area contributed by atoms with Crippen LogP contribution in [-0.4, -0.2) is 31.5 Å². The number of hydrogen-bond donors (Lipinski definition) is 0. The van der Waals surface area contributed by atoms with Crippen molar-refractivity contribution in [2.45, 2.75) is 83.8 Å². The van der Waals surface area contributed by atoms with Gasteiger partial charge in [0.15, 0.2) is 9.84 Å². The van der Waals surface area contributed by atoms with E-state index in [-0.39, 0.29) is 5.97 Å². The highest BCUT2D eigenvalue weighted by Crippen LogP contribution is 2.34. The number of benzene rings is 2. The standard InChI is InChI=1S/C28H40O4S/c1-5-32-27(29)26-19-23(18-24-12-8-9-13-25(24)26)11-7-6-10-21-14-16-22(17-15-21)20-33(30,31)28(2,3)4/h8-9,12-13,18-19,21-22H,5-7,10-11,14-17,20H2,1-4H3. The zero-order valence-corrected chi connectivity index (χ0v) is 21.5. The number of ether oxygens (including phenoxy) is 1. The van der Waals surface area contributed by atoms with Crippen LogP contribution in [0.15, 0.2) is 36.4 Å². The third-order valence-corrected chi connectivity index (χ3v) is 9.88. The predicted molar refractivity (Wildman–Crippen MR) is 136 cm³/mol. The number of carbonyl (C=O) groups is 1. The number of esters is 1. The summed E-state index contributed by atoms with van der Waals surface area (Å²) in [7, 11) is -3.03. The average Bonchev–Trinajstić information content (AvgIpc) is 2.76. The van der Waals surface area contributed by atoms with Crippen molar-refractivity contribution in [3.8, 4) is 0 Å². The van der Waals surface area contributed by atoms with E-state index in [0.29, 0.717) is 29.8 Å². The Labute approximate surface area is 200 Å². The highest BCUT2D eigenvalue weighted by Gasteiger charge is 2.33. The Balaban J connectivity index is 1.48. The SMILES string of the molecule is CCOC(=O)c1cc(CCCCC2CCC(CS(=O)(=O)C(C)(C)C)CC2)cc2ccccc12. The molecule has 0 amide bonds. The van der Waals surface area contributed by atoms with Gasteiger partial charge in [-0.25, -0.2) is 13.2 Å². The molecule has 0 aromatic heterocycles. The smallest absolute Gasteiger partial charge is 0.338 e. The number of aryl methyl sites for hydroxylation is 1. The lowest BCUT2D eigenvalue weighted by molar-refractivity contribution is 0.0528. The molecule has 0 atom stereocenters. The molecular weight excluding hydrogens is 432 g/mol. The van der Waals surface area contributed by atoms with Crippen LogP contribution in [0.2, 0.25) is 0 Å². The van der Waals surface area contributed by atoms with Gasteiger partial charge in [0.1, 0.15) is 0 Å². The van der Waals surface area contributed by atoms with Crippen LogP contribution in [0, 0.1) is 11.8 Å². The van der Waals surface area contributed by atoms with E-state index in [4.69, 9.17) is 4.74 Å². The maximum Gasteiger partial charge on any atom is 0.338 e. The molecule has 0 N–H and O–H groups in total. The molecule has 3 rings (SSSR count). The van der Waals surface area contributed by atoms with Crippen molar-refractivity contribution >= 4 is 26.6 Å². The maximum atomic E-state index is 12.5. The van der Waals surface area contributed by atoms with E-state index in [1.165, 1.54) is 12.0 Å². The number of rotatable bonds is 9. The Morgan fingerprint density at radius 1 is 1.00 bits per heavy atom. The lowest BCUT2D eigenvalue weighted by atomic mass is 9.80. The van der Waals surface area contributed by atoms with Gasteiger partial charge in [0.25, 0.3) is 0 Å². The monoisotopic (exact) mass is 472 g/mol. The Morgan fingerprint density at radius 2 is 1.67 bits per heavy atom. The van der Waals surface area contributed by atoms with Crippen molar-refractivity contribution < 1.29 is 17.9 Å². The molecule has 5 heteroatoms. The van der Waals surface area contributed by atoms with Crippen molar-refractivity contribution in [1.29, 1.82) is 0 Å². The minimum atomic E-state index is -3.03. The van der Waals surface area contributed by atoms with E-state index < -0.39 is 14.6 Å². The van der Waals surface area contributed by atoms with Crippen molar-refractivity contribution in [1.82, 2.24) is 0 Å². The molecule has 0 saturated heterocycles. The van der Waals surface area contributed by atoms with E-state index in [1.54, 1.807) is 20.8 Å². The first-order valence-corrected chi connectivity index (χ1v) is 14.2. The van der Waals surface area contributed by atoms with Crippen LogP contribution >= 0.6 is 0 Å². The van der Waals surface area contributed by atoms with Crippen LogP contribution in [0.25, 0.3) is 10.8 Å². The summed E-state index contributed by atoms with van der Waals surface area (Å²) in [6.07, 6.45) is 8.78. The fraction of sp³-hybridized carbons (Fsp3) is 0.607. The highest BCUT2D eigenvalue weighted by atomic mass is 32.2. The van der Waals surface area contributed by atoms with Crippen LogP contribution in [0.4, 0.5) is 0 Å². The third-order valence-electron chi connectivity index (χ3n) is 7.10. The van der Waals surface area contributed by atoms with E-state index in [1.807, 2.05) is 31.2 Å². The second kappa shape index (κ2) is 11.0. The van der Waals surface area contributed by atoms with E-state index >= 15 is 0 Å². The van der Waals surface area contributed by atoms with Gasteiger partial charge in [-0.05, 0) is 87.6 Å². The van der Waals surface area contributed by atoms with E-state index in [0.717, 1.165) is 55.7 Å². The summed E-state index contributed by atoms with van der Waals surface area (Å²) in [6, 6.07) is 12.2. The third kappa shape index (κ3) is 6.81. The molecule has 0 bridgehead atoms. The molecular formula is C28H40O4S. The number of unbranched alkanes of at least 4 members (excludes halogenated alkanes) is 1. The Kier molecular flexibility index (Phi) is 8.60. The number of fused-ring (bicyclic) bond motifs is 1. The quantitative estimate of drug-likeness (QED) is 0.299. The molecule has 2 aromatic carbocycles. The molecule has 182 valence electrons. The first-order chi connectivity index (χ1) is 15.6. The normalized spacial score (nSPS) is 19.5. The molecule has 0 spiro atoms. The molecule has 1 fully saturated rings. The summed E-state index contributed by atoms with van der Waals surface area (Å²) < 4.78 is 29.6. The van der Waals surface area contributed by atoms with Gasteiger partial charge >= 0.3 is 5.97 Å². The molecule has 0 heterocycles. The first-order valence-electron chi connectivity index (χ1n) is 12.5. The summed E-state index contributed by atoms with van der Waals surface area (Å²) in [6.45, 7) is 7.63. The summed E-state index contributed by atoms with van der Waals surface area (Å²) in [4.78, 5) is 12.5. The van der Waals surface area contributed by atoms with Gasteiger partial charge in [-0.3, -0.25) is 0 Å². The van der Waals surface area contributed by atoms with Crippen molar-refractivity contribution in [3.05, 3.63) is 47.5 Å². The molecule has 1 saturated carbocycles. The predicted octanol–water partition coefficient (Wildman–Crippen LogP) is 6.75. The second-order valence-corrected chi connectivity index (χ2v) is 13.4. The summed E-state index contributed by atoms with van der Waals surface area (Å²) in [5.74, 6) is 1.13. The van der Waals surface area contributed by atoms with E-state index in [9.17, 15) is 13.2 Å². The van der Waals surface area contributed by atoms with Gasteiger partial charge in [0, 0.05) is 0 Å². The summed E-state index contributed by atoms with van der Waals surface area (Å²) in [5.41, 5.74) is 1.85. The topological polar surface area (TPSA) is 60.4 Å². The zero-order valence-electron chi connectivity index (χ0n) is 20.7. The van der Waals surface area contributed by atoms with Crippen LogP contribution in [0.3, 0.4) is 0 Å². The number of carbonyl (C=O) groups excluding carboxylic acids is 1. The summed E-state index contributed by atoms with van der Waals surface area (Å²) in [5, 5.41) is 2.03. The van der Waals surface area contributed by atoms with Crippen LogP contribution in [0.5, 0.6) is 0 Å². The summed E-state index contributed by atoms with van der Waals surface area (Å²) >= 11 is 0.